The van der Waals surface area contributed by atoms with Crippen molar-refractivity contribution in [3.05, 3.63) is 12.7 Å². The highest BCUT2D eigenvalue weighted by Crippen LogP contribution is 2.28. The Morgan fingerprint density at radius 3 is 1.93 bits per heavy atom. The van der Waals surface area contributed by atoms with Gasteiger partial charge in [0.25, 0.3) is 0 Å². The minimum absolute atomic E-state index is 0.150. The minimum atomic E-state index is 0.150. The molecule has 0 spiro atoms. The predicted molar refractivity (Wildman–Crippen MR) is 69.0 cm³/mol. The maximum atomic E-state index is 6.32. The van der Waals surface area contributed by atoms with E-state index in [4.69, 9.17) is 5.73 Å². The molecular weight excluding hydrogens is 184 g/mol. The number of rotatable bonds is 8. The third-order valence-corrected chi connectivity index (χ3v) is 3.73. The van der Waals surface area contributed by atoms with Crippen LogP contribution in [0.1, 0.15) is 47.0 Å². The number of hydrogen-bond acceptors (Lipinski definition) is 2. The topological polar surface area (TPSA) is 29.3 Å². The molecule has 0 heterocycles. The van der Waals surface area contributed by atoms with Gasteiger partial charge in [-0.3, -0.25) is 4.90 Å². The standard InChI is InChI=1S/C13H28N2/c1-6-11-12(14)13(7-2,8-3)15(9-4)10-5/h6,12H,1,7-11,14H2,2-5H3. The summed E-state index contributed by atoms with van der Waals surface area (Å²) in [7, 11) is 0. The Morgan fingerprint density at radius 2 is 1.67 bits per heavy atom. The lowest BCUT2D eigenvalue weighted by molar-refractivity contribution is 0.0637. The molecule has 0 aliphatic carbocycles. The summed E-state index contributed by atoms with van der Waals surface area (Å²) >= 11 is 0. The van der Waals surface area contributed by atoms with Crippen LogP contribution >= 0.6 is 0 Å². The molecule has 0 aromatic carbocycles. The third kappa shape index (κ3) is 3.05. The summed E-state index contributed by atoms with van der Waals surface area (Å²) in [5.74, 6) is 0. The van der Waals surface area contributed by atoms with E-state index in [0.29, 0.717) is 0 Å². The third-order valence-electron chi connectivity index (χ3n) is 3.73. The van der Waals surface area contributed by atoms with Crippen LogP contribution in [0.25, 0.3) is 0 Å². The van der Waals surface area contributed by atoms with Gasteiger partial charge >= 0.3 is 0 Å². The first-order valence-corrected chi connectivity index (χ1v) is 6.24. The van der Waals surface area contributed by atoms with Gasteiger partial charge in [0.1, 0.15) is 0 Å². The summed E-state index contributed by atoms with van der Waals surface area (Å²) in [6.07, 6.45) is 5.06. The highest BCUT2D eigenvalue weighted by molar-refractivity contribution is 4.99. The van der Waals surface area contributed by atoms with E-state index in [1.54, 1.807) is 0 Å². The fraction of sp³-hybridized carbons (Fsp3) is 0.846. The van der Waals surface area contributed by atoms with E-state index in [-0.39, 0.29) is 11.6 Å². The van der Waals surface area contributed by atoms with Gasteiger partial charge in [-0.1, -0.05) is 33.8 Å². The highest BCUT2D eigenvalue weighted by atomic mass is 15.2. The summed E-state index contributed by atoms with van der Waals surface area (Å²) in [4.78, 5) is 2.50. The van der Waals surface area contributed by atoms with E-state index in [1.165, 1.54) is 0 Å². The molecule has 15 heavy (non-hydrogen) atoms. The van der Waals surface area contributed by atoms with Crippen molar-refractivity contribution in [2.45, 2.75) is 58.5 Å². The molecule has 0 amide bonds. The Morgan fingerprint density at radius 1 is 1.20 bits per heavy atom. The Labute approximate surface area is 95.5 Å². The molecule has 0 aromatic rings. The number of nitrogens with zero attached hydrogens (tertiary/aromatic N) is 1. The summed E-state index contributed by atoms with van der Waals surface area (Å²) in [6, 6.07) is 0.199. The van der Waals surface area contributed by atoms with Crippen LogP contribution in [-0.2, 0) is 0 Å². The average molecular weight is 212 g/mol. The lowest BCUT2D eigenvalue weighted by Gasteiger charge is -2.46. The van der Waals surface area contributed by atoms with Crippen molar-refractivity contribution in [2.75, 3.05) is 13.1 Å². The van der Waals surface area contributed by atoms with Gasteiger partial charge in [0, 0.05) is 11.6 Å². The molecule has 0 aliphatic heterocycles. The van der Waals surface area contributed by atoms with Crippen LogP contribution in [0.4, 0.5) is 0 Å². The number of likely N-dealkylation sites (N-methyl/N-ethyl adjacent to an activating group) is 1. The Bertz CT molecular complexity index is 169. The first kappa shape index (κ1) is 14.7. The van der Waals surface area contributed by atoms with Crippen LogP contribution in [-0.4, -0.2) is 29.6 Å². The van der Waals surface area contributed by atoms with E-state index in [0.717, 1.165) is 32.4 Å². The van der Waals surface area contributed by atoms with Crippen molar-refractivity contribution in [3.63, 3.8) is 0 Å². The van der Waals surface area contributed by atoms with Crippen LogP contribution in [0.5, 0.6) is 0 Å². The first-order chi connectivity index (χ1) is 7.12. The maximum Gasteiger partial charge on any atom is 0.0357 e. The van der Waals surface area contributed by atoms with Crippen molar-refractivity contribution < 1.29 is 0 Å². The van der Waals surface area contributed by atoms with Crippen molar-refractivity contribution in [1.82, 2.24) is 4.90 Å². The molecule has 2 heteroatoms. The summed E-state index contributed by atoms with van der Waals surface area (Å²) in [6.45, 7) is 14.8. The van der Waals surface area contributed by atoms with Gasteiger partial charge in [-0.25, -0.2) is 0 Å². The normalized spacial score (nSPS) is 14.3. The van der Waals surface area contributed by atoms with Crippen molar-refractivity contribution in [3.8, 4) is 0 Å². The van der Waals surface area contributed by atoms with Crippen LogP contribution in [0.15, 0.2) is 12.7 Å². The lowest BCUT2D eigenvalue weighted by atomic mass is 9.81. The molecule has 2 nitrogen and oxygen atoms in total. The van der Waals surface area contributed by atoms with Gasteiger partial charge in [-0.15, -0.1) is 6.58 Å². The van der Waals surface area contributed by atoms with E-state index in [9.17, 15) is 0 Å². The smallest absolute Gasteiger partial charge is 0.0357 e. The summed E-state index contributed by atoms with van der Waals surface area (Å²) in [5.41, 5.74) is 6.47. The monoisotopic (exact) mass is 212 g/mol. The largest absolute Gasteiger partial charge is 0.326 e. The van der Waals surface area contributed by atoms with Crippen molar-refractivity contribution >= 4 is 0 Å². The quantitative estimate of drug-likeness (QED) is 0.627. The average Bonchev–Trinajstić information content (AvgIpc) is 2.26. The van der Waals surface area contributed by atoms with E-state index in [2.05, 4.69) is 39.2 Å². The van der Waals surface area contributed by atoms with Crippen LogP contribution in [0.3, 0.4) is 0 Å². The molecule has 2 N–H and O–H groups in total. The zero-order chi connectivity index (χ0) is 11.9. The van der Waals surface area contributed by atoms with E-state index >= 15 is 0 Å². The van der Waals surface area contributed by atoms with Gasteiger partial charge < -0.3 is 5.73 Å². The van der Waals surface area contributed by atoms with Crippen LogP contribution in [0.2, 0.25) is 0 Å². The summed E-state index contributed by atoms with van der Waals surface area (Å²) in [5, 5.41) is 0. The lowest BCUT2D eigenvalue weighted by Crippen LogP contribution is -2.59. The predicted octanol–water partition coefficient (Wildman–Crippen LogP) is 2.79. The Balaban J connectivity index is 4.90. The van der Waals surface area contributed by atoms with Crippen LogP contribution < -0.4 is 5.73 Å². The molecule has 90 valence electrons. The second-order valence-corrected chi connectivity index (χ2v) is 4.11. The highest BCUT2D eigenvalue weighted by Gasteiger charge is 2.36. The fourth-order valence-corrected chi connectivity index (χ4v) is 2.71. The number of nitrogens with two attached hydrogens (primary N) is 1. The van der Waals surface area contributed by atoms with Crippen LogP contribution in [0, 0.1) is 0 Å². The molecule has 0 bridgehead atoms. The molecule has 0 aromatic heterocycles. The zero-order valence-electron chi connectivity index (χ0n) is 10.9. The van der Waals surface area contributed by atoms with Gasteiger partial charge in [0.05, 0.1) is 0 Å². The number of hydrogen-bond donors (Lipinski definition) is 1. The fourth-order valence-electron chi connectivity index (χ4n) is 2.71. The molecule has 0 aliphatic rings. The van der Waals surface area contributed by atoms with Crippen molar-refractivity contribution in [2.24, 2.45) is 5.73 Å². The van der Waals surface area contributed by atoms with Gasteiger partial charge in [0.15, 0.2) is 0 Å². The minimum Gasteiger partial charge on any atom is -0.326 e. The Hall–Kier alpha value is -0.340. The van der Waals surface area contributed by atoms with Gasteiger partial charge in [-0.05, 0) is 32.4 Å². The molecular formula is C13H28N2. The second-order valence-electron chi connectivity index (χ2n) is 4.11. The molecule has 0 fully saturated rings. The molecule has 0 radical (unpaired) electrons. The second kappa shape index (κ2) is 7.02. The summed E-state index contributed by atoms with van der Waals surface area (Å²) < 4.78 is 0. The molecule has 1 unspecified atom stereocenters. The van der Waals surface area contributed by atoms with Gasteiger partial charge in [0.2, 0.25) is 0 Å². The first-order valence-electron chi connectivity index (χ1n) is 6.24. The zero-order valence-corrected chi connectivity index (χ0v) is 10.9. The molecule has 0 saturated carbocycles. The maximum absolute atomic E-state index is 6.32. The Kier molecular flexibility index (Phi) is 6.86. The molecule has 0 rings (SSSR count). The van der Waals surface area contributed by atoms with Crippen molar-refractivity contribution in [1.29, 1.82) is 0 Å². The molecule has 1 atom stereocenters. The molecule has 0 saturated heterocycles. The van der Waals surface area contributed by atoms with E-state index < -0.39 is 0 Å². The van der Waals surface area contributed by atoms with E-state index in [1.807, 2.05) is 6.08 Å². The SMILES string of the molecule is C=CCC(N)C(CC)(CC)N(CC)CC. The van der Waals surface area contributed by atoms with Gasteiger partial charge in [-0.2, -0.15) is 0 Å².